The number of hydrogen-bond acceptors (Lipinski definition) is 2. The Morgan fingerprint density at radius 1 is 0.242 bits per heavy atom. The Morgan fingerprint density at radius 3 is 1.36 bits per heavy atom. The molecule has 0 amide bonds. The van der Waals surface area contributed by atoms with Gasteiger partial charge in [-0.2, -0.15) is 0 Å². The molecule has 1 heterocycles. The predicted molar refractivity (Wildman–Crippen MR) is 279 cm³/mol. The molecule has 310 valence electrons. The molecule has 12 aromatic rings. The molecule has 2 heteroatoms. The van der Waals surface area contributed by atoms with E-state index >= 15 is 0 Å². The van der Waals surface area contributed by atoms with Crippen LogP contribution in [-0.2, 0) is 0 Å². The molecule has 2 nitrogen and oxygen atoms in total. The molecule has 1 aromatic heterocycles. The number of furan rings is 1. The van der Waals surface area contributed by atoms with E-state index in [1.54, 1.807) is 0 Å². The number of benzene rings is 11. The first-order valence-electron chi connectivity index (χ1n) is 22.6. The summed E-state index contributed by atoms with van der Waals surface area (Å²) >= 11 is 0. The number of hydrogen-bond donors (Lipinski definition) is 0. The van der Waals surface area contributed by atoms with Crippen LogP contribution in [0.2, 0.25) is 0 Å². The lowest BCUT2D eigenvalue weighted by atomic mass is 9.88. The monoisotopic (exact) mass is 841 g/mol. The van der Waals surface area contributed by atoms with Crippen molar-refractivity contribution in [3.8, 4) is 66.8 Å². The Morgan fingerprint density at radius 2 is 0.682 bits per heavy atom. The molecule has 0 saturated carbocycles. The van der Waals surface area contributed by atoms with E-state index in [0.717, 1.165) is 61.3 Å². The minimum absolute atomic E-state index is 0.898. The maximum Gasteiger partial charge on any atom is 0.135 e. The number of para-hydroxylation sites is 2. The summed E-state index contributed by atoms with van der Waals surface area (Å²) in [5.74, 6) is 0. The summed E-state index contributed by atoms with van der Waals surface area (Å²) < 4.78 is 6.17. The summed E-state index contributed by atoms with van der Waals surface area (Å²) in [7, 11) is 0. The maximum atomic E-state index is 6.17. The second-order valence-corrected chi connectivity index (χ2v) is 16.9. The molecule has 0 radical (unpaired) electrons. The molecule has 0 spiro atoms. The van der Waals surface area contributed by atoms with Crippen LogP contribution in [0.4, 0.5) is 17.1 Å². The first kappa shape index (κ1) is 38.9. The minimum atomic E-state index is 0.898. The average Bonchev–Trinajstić information content (AvgIpc) is 3.78. The molecule has 0 fully saturated rings. The van der Waals surface area contributed by atoms with Crippen LogP contribution in [0.15, 0.2) is 265 Å². The van der Waals surface area contributed by atoms with E-state index in [1.807, 2.05) is 12.1 Å². The third-order valence-corrected chi connectivity index (χ3v) is 12.9. The van der Waals surface area contributed by atoms with E-state index in [0.29, 0.717) is 0 Å². The van der Waals surface area contributed by atoms with Gasteiger partial charge in [0.25, 0.3) is 0 Å². The summed E-state index contributed by atoms with van der Waals surface area (Å²) in [5, 5.41) is 4.76. The summed E-state index contributed by atoms with van der Waals surface area (Å²) in [4.78, 5) is 2.40. The molecule has 66 heavy (non-hydrogen) atoms. The molecule has 12 rings (SSSR count). The molecule has 0 aliphatic carbocycles. The number of anilines is 3. The van der Waals surface area contributed by atoms with E-state index in [4.69, 9.17) is 4.42 Å². The van der Waals surface area contributed by atoms with Crippen LogP contribution in [0.3, 0.4) is 0 Å². The third-order valence-electron chi connectivity index (χ3n) is 12.9. The standard InChI is InChI=1S/C64H43NO/c1-2-15-49(16-3-1)55-18-6-7-19-56(55)57-20-8-9-21-58(57)59-22-10-12-24-62(59)65(54-39-34-48(35-40-54)52-36-41-64-61(43-52)60-23-11-13-25-63(60)66-64)53-37-32-46(33-38-53)45-26-28-47(29-27-45)51-31-30-44-14-4-5-17-50(44)42-51/h1-43H. The summed E-state index contributed by atoms with van der Waals surface area (Å²) in [5.41, 5.74) is 19.2. The van der Waals surface area contributed by atoms with Crippen molar-refractivity contribution in [2.75, 3.05) is 4.90 Å². The Kier molecular flexibility index (Phi) is 9.89. The second kappa shape index (κ2) is 16.8. The molecule has 0 saturated heterocycles. The summed E-state index contributed by atoms with van der Waals surface area (Å²) in [6.45, 7) is 0. The van der Waals surface area contributed by atoms with E-state index in [9.17, 15) is 0 Å². The van der Waals surface area contributed by atoms with Crippen LogP contribution in [0.1, 0.15) is 0 Å². The Labute approximate surface area is 384 Å². The van der Waals surface area contributed by atoms with Gasteiger partial charge in [-0.15, -0.1) is 0 Å². The van der Waals surface area contributed by atoms with Crippen LogP contribution in [-0.4, -0.2) is 0 Å². The molecule has 0 bridgehead atoms. The van der Waals surface area contributed by atoms with Crippen molar-refractivity contribution in [3.05, 3.63) is 261 Å². The van der Waals surface area contributed by atoms with Crippen LogP contribution in [0.5, 0.6) is 0 Å². The average molecular weight is 842 g/mol. The fourth-order valence-electron chi connectivity index (χ4n) is 9.60. The molecule has 0 unspecified atom stereocenters. The number of nitrogens with zero attached hydrogens (tertiary/aromatic N) is 1. The maximum absolute atomic E-state index is 6.17. The largest absolute Gasteiger partial charge is 0.456 e. The highest BCUT2D eigenvalue weighted by Crippen LogP contribution is 2.46. The van der Waals surface area contributed by atoms with E-state index in [1.165, 1.54) is 55.3 Å². The van der Waals surface area contributed by atoms with Gasteiger partial charge in [0.2, 0.25) is 0 Å². The normalized spacial score (nSPS) is 11.3. The van der Waals surface area contributed by atoms with Crippen molar-refractivity contribution >= 4 is 49.8 Å². The van der Waals surface area contributed by atoms with Crippen molar-refractivity contribution in [1.29, 1.82) is 0 Å². The van der Waals surface area contributed by atoms with Crippen LogP contribution >= 0.6 is 0 Å². The molecular formula is C64H43NO. The van der Waals surface area contributed by atoms with Gasteiger partial charge in [-0.25, -0.2) is 0 Å². The van der Waals surface area contributed by atoms with E-state index in [2.05, 4.69) is 254 Å². The number of rotatable bonds is 9. The van der Waals surface area contributed by atoms with Gasteiger partial charge in [-0.3, -0.25) is 0 Å². The van der Waals surface area contributed by atoms with Gasteiger partial charge >= 0.3 is 0 Å². The zero-order valence-electron chi connectivity index (χ0n) is 36.2. The van der Waals surface area contributed by atoms with Crippen LogP contribution < -0.4 is 4.90 Å². The highest BCUT2D eigenvalue weighted by Gasteiger charge is 2.21. The molecule has 0 N–H and O–H groups in total. The molecule has 0 atom stereocenters. The topological polar surface area (TPSA) is 16.4 Å². The first-order chi connectivity index (χ1) is 32.7. The quantitative estimate of drug-likeness (QED) is 0.144. The van der Waals surface area contributed by atoms with E-state index < -0.39 is 0 Å². The van der Waals surface area contributed by atoms with Gasteiger partial charge in [-0.05, 0) is 127 Å². The Bertz CT molecular complexity index is 3680. The van der Waals surface area contributed by atoms with Crippen molar-refractivity contribution < 1.29 is 4.42 Å². The molecule has 11 aromatic carbocycles. The zero-order chi connectivity index (χ0) is 43.8. The van der Waals surface area contributed by atoms with Crippen LogP contribution in [0.25, 0.3) is 99.5 Å². The summed E-state index contributed by atoms with van der Waals surface area (Å²) in [6.07, 6.45) is 0. The Balaban J connectivity index is 0.950. The van der Waals surface area contributed by atoms with Crippen molar-refractivity contribution in [3.63, 3.8) is 0 Å². The Hall–Kier alpha value is -8.72. The highest BCUT2D eigenvalue weighted by atomic mass is 16.3. The van der Waals surface area contributed by atoms with Crippen molar-refractivity contribution in [2.24, 2.45) is 0 Å². The lowest BCUT2D eigenvalue weighted by Crippen LogP contribution is -2.11. The fraction of sp³-hybridized carbons (Fsp3) is 0. The lowest BCUT2D eigenvalue weighted by molar-refractivity contribution is 0.669. The van der Waals surface area contributed by atoms with Gasteiger partial charge in [0, 0.05) is 27.7 Å². The first-order valence-corrected chi connectivity index (χ1v) is 22.6. The van der Waals surface area contributed by atoms with Crippen LogP contribution in [0, 0.1) is 0 Å². The molecule has 0 aliphatic heterocycles. The van der Waals surface area contributed by atoms with Gasteiger partial charge in [-0.1, -0.05) is 206 Å². The van der Waals surface area contributed by atoms with Gasteiger partial charge in [0.1, 0.15) is 11.2 Å². The highest BCUT2D eigenvalue weighted by molar-refractivity contribution is 6.06. The predicted octanol–water partition coefficient (Wildman–Crippen LogP) is 18.2. The molecular weight excluding hydrogens is 799 g/mol. The van der Waals surface area contributed by atoms with E-state index in [-0.39, 0.29) is 0 Å². The lowest BCUT2D eigenvalue weighted by Gasteiger charge is -2.29. The zero-order valence-corrected chi connectivity index (χ0v) is 36.2. The number of fused-ring (bicyclic) bond motifs is 4. The molecule has 0 aliphatic rings. The smallest absolute Gasteiger partial charge is 0.135 e. The van der Waals surface area contributed by atoms with Gasteiger partial charge in [0.05, 0.1) is 5.69 Å². The van der Waals surface area contributed by atoms with Gasteiger partial charge in [0.15, 0.2) is 0 Å². The van der Waals surface area contributed by atoms with Gasteiger partial charge < -0.3 is 9.32 Å². The van der Waals surface area contributed by atoms with Crippen molar-refractivity contribution in [1.82, 2.24) is 0 Å². The summed E-state index contributed by atoms with van der Waals surface area (Å²) in [6, 6.07) is 94.0. The SMILES string of the molecule is c1ccc(-c2ccccc2-c2ccccc2-c2ccccc2N(c2ccc(-c3ccc(-c4ccc5ccccc5c4)cc3)cc2)c2ccc(-c3ccc4oc5ccccc5c4c3)cc2)cc1. The minimum Gasteiger partial charge on any atom is -0.456 e. The third kappa shape index (κ3) is 7.21. The van der Waals surface area contributed by atoms with Crippen molar-refractivity contribution in [2.45, 2.75) is 0 Å². The fourth-order valence-corrected chi connectivity index (χ4v) is 9.60. The second-order valence-electron chi connectivity index (χ2n) is 16.9.